The number of carbonyl (C=O) groups excluding carboxylic acids is 1. The first kappa shape index (κ1) is 20.4. The Morgan fingerprint density at radius 2 is 2.11 bits per heavy atom. The molecule has 1 aromatic heterocycles. The molecule has 0 aliphatic carbocycles. The summed E-state index contributed by atoms with van der Waals surface area (Å²) in [7, 11) is 1.24. The summed E-state index contributed by atoms with van der Waals surface area (Å²) in [5.41, 5.74) is 1.44. The molecule has 1 amide bonds. The smallest absolute Gasteiger partial charge is 0.272 e. The van der Waals surface area contributed by atoms with Crippen molar-refractivity contribution in [3.05, 3.63) is 53.4 Å². The van der Waals surface area contributed by atoms with Crippen molar-refractivity contribution in [2.75, 3.05) is 11.9 Å². The van der Waals surface area contributed by atoms with Crippen molar-refractivity contribution in [3.63, 3.8) is 0 Å². The third-order valence-corrected chi connectivity index (χ3v) is 6.23. The molecule has 0 bridgehead atoms. The second-order valence-corrected chi connectivity index (χ2v) is 8.43. The molecule has 0 saturated carbocycles. The molecule has 1 aliphatic rings. The maximum atomic E-state index is 13.5. The summed E-state index contributed by atoms with van der Waals surface area (Å²) in [6.45, 7) is 6.90. The van der Waals surface area contributed by atoms with Crippen LogP contribution in [0.2, 0.25) is 0 Å². The van der Waals surface area contributed by atoms with Crippen LogP contribution in [0.5, 0.6) is 0 Å². The Morgan fingerprint density at radius 1 is 1.36 bits per heavy atom. The fourth-order valence-corrected chi connectivity index (χ4v) is 4.84. The number of nitrogens with zero attached hydrogens (tertiary/aromatic N) is 2. The number of anilines is 1. The molecule has 0 radical (unpaired) electrons. The van der Waals surface area contributed by atoms with E-state index >= 15 is 0 Å². The minimum absolute atomic E-state index is 0.137. The summed E-state index contributed by atoms with van der Waals surface area (Å²) in [5.74, 6) is -1.97. The second kappa shape index (κ2) is 8.36. The average molecular weight is 407 g/mol. The van der Waals surface area contributed by atoms with Crippen molar-refractivity contribution in [3.8, 4) is 0 Å². The average Bonchev–Trinajstić information content (AvgIpc) is 2.86. The zero-order valence-corrected chi connectivity index (χ0v) is 17.1. The highest BCUT2D eigenvalue weighted by Crippen LogP contribution is 2.27. The number of fused-ring (bicyclic) bond motifs is 1. The molecule has 0 spiro atoms. The molecular weight excluding hydrogens is 382 g/mol. The number of aryl methyl sites for hydroxylation is 1. The van der Waals surface area contributed by atoms with Crippen LogP contribution in [0.3, 0.4) is 0 Å². The minimum Gasteiger partial charge on any atom is -0.345 e. The highest BCUT2D eigenvalue weighted by molar-refractivity contribution is 7.85. The van der Waals surface area contributed by atoms with E-state index in [0.29, 0.717) is 18.2 Å². The summed E-state index contributed by atoms with van der Waals surface area (Å²) < 4.78 is 36.6. The predicted octanol–water partition coefficient (Wildman–Crippen LogP) is 4.29. The highest BCUT2D eigenvalue weighted by Gasteiger charge is 2.25. The first-order valence-electron chi connectivity index (χ1n) is 9.13. The Hall–Kier alpha value is -2.32. The quantitative estimate of drug-likeness (QED) is 0.796. The third-order valence-electron chi connectivity index (χ3n) is 4.48. The first-order chi connectivity index (χ1) is 13.3. The molecule has 1 aliphatic heterocycles. The van der Waals surface area contributed by atoms with E-state index in [-0.39, 0.29) is 17.6 Å². The van der Waals surface area contributed by atoms with Gasteiger partial charge in [-0.3, -0.25) is 4.79 Å². The van der Waals surface area contributed by atoms with Gasteiger partial charge in [-0.2, -0.15) is 0 Å². The predicted molar refractivity (Wildman–Crippen MR) is 109 cm³/mol. The fourth-order valence-electron chi connectivity index (χ4n) is 3.00. The van der Waals surface area contributed by atoms with E-state index in [4.69, 9.17) is 0 Å². The monoisotopic (exact) mass is 406 g/mol. The summed E-state index contributed by atoms with van der Waals surface area (Å²) in [6, 6.07) is 3.43. The zero-order chi connectivity index (χ0) is 20.4. The van der Waals surface area contributed by atoms with E-state index in [1.54, 1.807) is 11.6 Å². The van der Waals surface area contributed by atoms with Gasteiger partial charge in [-0.25, -0.2) is 17.9 Å². The van der Waals surface area contributed by atoms with E-state index in [9.17, 15) is 13.6 Å². The van der Waals surface area contributed by atoms with Gasteiger partial charge in [0, 0.05) is 54.0 Å². The molecule has 2 aromatic rings. The number of rotatable bonds is 4. The summed E-state index contributed by atoms with van der Waals surface area (Å²) >= 11 is 0. The number of halogens is 2. The largest absolute Gasteiger partial charge is 0.345 e. The SMILES string of the molecule is CC/N=S1/NC(C(C)C)C=Cc2c1cn(C)c2C(=O)Nc1ccc(F)c(F)c1. The molecule has 2 heterocycles. The lowest BCUT2D eigenvalue weighted by Gasteiger charge is -2.18. The normalized spacial score (nSPS) is 19.0. The van der Waals surface area contributed by atoms with Gasteiger partial charge in [0.25, 0.3) is 5.91 Å². The lowest BCUT2D eigenvalue weighted by atomic mass is 10.0. The van der Waals surface area contributed by atoms with Crippen molar-refractivity contribution < 1.29 is 13.6 Å². The number of carbonyl (C=O) groups is 1. The molecule has 0 saturated heterocycles. The number of aromatic nitrogens is 1. The Morgan fingerprint density at radius 3 is 2.75 bits per heavy atom. The van der Waals surface area contributed by atoms with Crippen LogP contribution in [0, 0.1) is 17.6 Å². The van der Waals surface area contributed by atoms with Gasteiger partial charge in [0.1, 0.15) is 5.69 Å². The van der Waals surface area contributed by atoms with E-state index in [2.05, 4.69) is 34.3 Å². The third kappa shape index (κ3) is 4.07. The maximum Gasteiger partial charge on any atom is 0.272 e. The van der Waals surface area contributed by atoms with Gasteiger partial charge in [-0.15, -0.1) is 0 Å². The van der Waals surface area contributed by atoms with Gasteiger partial charge in [0.15, 0.2) is 11.6 Å². The first-order valence-corrected chi connectivity index (χ1v) is 10.3. The van der Waals surface area contributed by atoms with Crippen LogP contribution >= 0.6 is 0 Å². The Kier molecular flexibility index (Phi) is 6.10. The molecule has 1 aromatic carbocycles. The fraction of sp³-hybridized carbons (Fsp3) is 0.350. The highest BCUT2D eigenvalue weighted by atomic mass is 32.2. The zero-order valence-electron chi connectivity index (χ0n) is 16.3. The molecule has 2 unspecified atom stereocenters. The molecule has 150 valence electrons. The van der Waals surface area contributed by atoms with Crippen LogP contribution in [0.4, 0.5) is 14.5 Å². The van der Waals surface area contributed by atoms with Crippen LogP contribution in [-0.4, -0.2) is 23.1 Å². The summed E-state index contributed by atoms with van der Waals surface area (Å²) in [5, 5.41) is 2.66. The van der Waals surface area contributed by atoms with Gasteiger partial charge < -0.3 is 9.88 Å². The van der Waals surface area contributed by atoms with Crippen molar-refractivity contribution in [1.82, 2.24) is 9.29 Å². The standard InChI is InChI=1S/C20H24F2N4OS/c1-5-23-28-18-11-26(4)19(14(18)7-9-17(25-28)12(2)3)20(27)24-13-6-8-15(21)16(22)10-13/h6-12,17H,5H2,1-4H3,(H,23,25)(H,24,27). The van der Waals surface area contributed by atoms with Crippen molar-refractivity contribution in [2.45, 2.75) is 31.7 Å². The van der Waals surface area contributed by atoms with E-state index < -0.39 is 22.5 Å². The van der Waals surface area contributed by atoms with Gasteiger partial charge in [0.05, 0.1) is 4.90 Å². The van der Waals surface area contributed by atoms with Gasteiger partial charge in [-0.05, 0) is 25.0 Å². The van der Waals surface area contributed by atoms with Crippen LogP contribution in [0.25, 0.3) is 6.08 Å². The summed E-state index contributed by atoms with van der Waals surface area (Å²) in [6.07, 6.45) is 5.90. The lowest BCUT2D eigenvalue weighted by molar-refractivity contribution is 0.101. The number of hydrogen-bond acceptors (Lipinski definition) is 2. The molecule has 5 nitrogen and oxygen atoms in total. The topological polar surface area (TPSA) is 58.4 Å². The van der Waals surface area contributed by atoms with Crippen LogP contribution in [0.1, 0.15) is 36.8 Å². The molecular formula is C20H24F2N4OS. The minimum atomic E-state index is -1.00. The van der Waals surface area contributed by atoms with Crippen molar-refractivity contribution >= 4 is 28.5 Å². The van der Waals surface area contributed by atoms with E-state index in [1.165, 1.54) is 6.07 Å². The second-order valence-electron chi connectivity index (χ2n) is 6.93. The van der Waals surface area contributed by atoms with E-state index in [1.807, 2.05) is 19.2 Å². The molecule has 2 atom stereocenters. The van der Waals surface area contributed by atoms with Crippen LogP contribution in [0.15, 0.2) is 39.7 Å². The van der Waals surface area contributed by atoms with Crippen LogP contribution < -0.4 is 10.0 Å². The molecule has 2 N–H and O–H groups in total. The Bertz CT molecular complexity index is 965. The maximum absolute atomic E-state index is 13.5. The Balaban J connectivity index is 2.01. The lowest BCUT2D eigenvalue weighted by Crippen LogP contribution is -2.32. The van der Waals surface area contributed by atoms with Crippen LogP contribution in [-0.2, 0) is 17.9 Å². The van der Waals surface area contributed by atoms with Gasteiger partial charge in [0.2, 0.25) is 0 Å². The number of hydrogen-bond donors (Lipinski definition) is 2. The van der Waals surface area contributed by atoms with E-state index in [0.717, 1.165) is 22.6 Å². The number of nitrogens with one attached hydrogen (secondary N) is 2. The van der Waals surface area contributed by atoms with Gasteiger partial charge >= 0.3 is 0 Å². The summed E-state index contributed by atoms with van der Waals surface area (Å²) in [4.78, 5) is 13.9. The van der Waals surface area contributed by atoms with Crippen molar-refractivity contribution in [1.29, 1.82) is 0 Å². The Labute approximate surface area is 166 Å². The van der Waals surface area contributed by atoms with Crippen molar-refractivity contribution in [2.24, 2.45) is 17.3 Å². The molecule has 8 heteroatoms. The number of benzene rings is 1. The molecule has 0 fully saturated rings. The van der Waals surface area contributed by atoms with Gasteiger partial charge in [-0.1, -0.05) is 26.0 Å². The molecule has 3 rings (SSSR count). The number of amides is 1. The molecule has 28 heavy (non-hydrogen) atoms.